The van der Waals surface area contributed by atoms with Crippen molar-refractivity contribution < 1.29 is 0 Å². The highest BCUT2D eigenvalue weighted by molar-refractivity contribution is 6.35. The first kappa shape index (κ1) is 11.3. The predicted molar refractivity (Wildman–Crippen MR) is 67.1 cm³/mol. The van der Waals surface area contributed by atoms with Crippen LogP contribution >= 0.6 is 23.2 Å². The van der Waals surface area contributed by atoms with E-state index in [1.807, 2.05) is 19.1 Å². The third kappa shape index (κ3) is 2.49. The lowest BCUT2D eigenvalue weighted by atomic mass is 10.2. The van der Waals surface area contributed by atoms with Crippen molar-refractivity contribution in [3.05, 3.63) is 46.0 Å². The molecule has 0 saturated heterocycles. The normalized spacial score (nSPS) is 10.4. The van der Waals surface area contributed by atoms with Crippen LogP contribution < -0.4 is 5.32 Å². The molecule has 2 aromatic rings. The molecule has 1 heterocycles. The summed E-state index contributed by atoms with van der Waals surface area (Å²) < 4.78 is 0. The van der Waals surface area contributed by atoms with E-state index < -0.39 is 0 Å². The average Bonchev–Trinajstić information content (AvgIpc) is 2.74. The molecular weight excluding hydrogens is 245 g/mol. The van der Waals surface area contributed by atoms with E-state index in [1.54, 1.807) is 12.4 Å². The molecule has 3 nitrogen and oxygen atoms in total. The summed E-state index contributed by atoms with van der Waals surface area (Å²) in [5.41, 5.74) is 1.78. The highest BCUT2D eigenvalue weighted by Crippen LogP contribution is 2.28. The minimum Gasteiger partial charge on any atom is -0.377 e. The van der Waals surface area contributed by atoms with Crippen LogP contribution in [0.4, 0.5) is 5.69 Å². The maximum absolute atomic E-state index is 6.09. The second kappa shape index (κ2) is 4.76. The molecule has 0 unspecified atom stereocenters. The summed E-state index contributed by atoms with van der Waals surface area (Å²) in [6, 6.07) is 3.66. The minimum atomic E-state index is 0.589. The Morgan fingerprint density at radius 1 is 1.31 bits per heavy atom. The third-order valence-electron chi connectivity index (χ3n) is 2.25. The van der Waals surface area contributed by atoms with Crippen molar-refractivity contribution in [1.82, 2.24) is 9.97 Å². The molecule has 0 saturated carbocycles. The van der Waals surface area contributed by atoms with Gasteiger partial charge in [-0.2, -0.15) is 0 Å². The van der Waals surface area contributed by atoms with Crippen molar-refractivity contribution >= 4 is 28.9 Å². The van der Waals surface area contributed by atoms with Gasteiger partial charge in [0.1, 0.15) is 5.82 Å². The first-order valence-corrected chi connectivity index (χ1v) is 5.60. The van der Waals surface area contributed by atoms with Crippen molar-refractivity contribution in [1.29, 1.82) is 0 Å². The average molecular weight is 256 g/mol. The molecule has 0 aliphatic carbocycles. The number of aromatic amines is 1. The first-order chi connectivity index (χ1) is 7.66. The predicted octanol–water partition coefficient (Wildman–Crippen LogP) is 3.64. The van der Waals surface area contributed by atoms with E-state index in [0.29, 0.717) is 16.6 Å². The molecular formula is C11H11Cl2N3. The number of hydrogen-bond donors (Lipinski definition) is 2. The number of halogens is 2. The molecule has 0 spiro atoms. The third-order valence-corrected chi connectivity index (χ3v) is 2.97. The van der Waals surface area contributed by atoms with Crippen molar-refractivity contribution in [2.45, 2.75) is 13.5 Å². The van der Waals surface area contributed by atoms with Crippen LogP contribution in [-0.4, -0.2) is 9.97 Å². The fraction of sp³-hybridized carbons (Fsp3) is 0.182. The van der Waals surface area contributed by atoms with Gasteiger partial charge in [-0.3, -0.25) is 0 Å². The van der Waals surface area contributed by atoms with Crippen LogP contribution in [0, 0.1) is 6.92 Å². The minimum absolute atomic E-state index is 0.589. The molecule has 16 heavy (non-hydrogen) atoms. The van der Waals surface area contributed by atoms with E-state index in [0.717, 1.165) is 17.1 Å². The van der Waals surface area contributed by atoms with Gasteiger partial charge in [0, 0.05) is 17.4 Å². The van der Waals surface area contributed by atoms with Crippen LogP contribution in [0.2, 0.25) is 10.0 Å². The molecule has 0 aliphatic rings. The maximum atomic E-state index is 6.09. The Labute approximate surface area is 104 Å². The number of aryl methyl sites for hydroxylation is 1. The van der Waals surface area contributed by atoms with E-state index in [4.69, 9.17) is 23.2 Å². The summed E-state index contributed by atoms with van der Waals surface area (Å²) in [5, 5.41) is 4.53. The van der Waals surface area contributed by atoms with E-state index >= 15 is 0 Å². The Morgan fingerprint density at radius 2 is 2.12 bits per heavy atom. The monoisotopic (exact) mass is 255 g/mol. The summed E-state index contributed by atoms with van der Waals surface area (Å²) in [5.74, 6) is 0.854. The number of nitrogens with zero attached hydrogens (tertiary/aromatic N) is 1. The zero-order valence-corrected chi connectivity index (χ0v) is 10.2. The molecule has 0 atom stereocenters. The summed E-state index contributed by atoms with van der Waals surface area (Å²) in [6.45, 7) is 2.51. The van der Waals surface area contributed by atoms with Crippen molar-refractivity contribution in [3.8, 4) is 0 Å². The van der Waals surface area contributed by atoms with Gasteiger partial charge in [0.05, 0.1) is 17.3 Å². The number of anilines is 1. The number of imidazole rings is 1. The van der Waals surface area contributed by atoms with Crippen LogP contribution in [-0.2, 0) is 6.54 Å². The molecule has 0 fully saturated rings. The summed E-state index contributed by atoms with van der Waals surface area (Å²) >= 11 is 12.1. The zero-order valence-electron chi connectivity index (χ0n) is 8.72. The van der Waals surface area contributed by atoms with Crippen LogP contribution in [0.3, 0.4) is 0 Å². The van der Waals surface area contributed by atoms with E-state index in [1.165, 1.54) is 0 Å². The lowest BCUT2D eigenvalue weighted by molar-refractivity contribution is 1.000. The lowest BCUT2D eigenvalue weighted by Gasteiger charge is -2.09. The van der Waals surface area contributed by atoms with Crippen molar-refractivity contribution in [2.75, 3.05) is 5.32 Å². The van der Waals surface area contributed by atoms with E-state index in [2.05, 4.69) is 15.3 Å². The van der Waals surface area contributed by atoms with Gasteiger partial charge in [0.15, 0.2) is 0 Å². The first-order valence-electron chi connectivity index (χ1n) is 4.84. The van der Waals surface area contributed by atoms with Crippen molar-refractivity contribution in [2.24, 2.45) is 0 Å². The number of nitrogens with one attached hydrogen (secondary N) is 2. The van der Waals surface area contributed by atoms with Crippen molar-refractivity contribution in [3.63, 3.8) is 0 Å². The van der Waals surface area contributed by atoms with Crippen LogP contribution in [0.25, 0.3) is 0 Å². The molecule has 5 heteroatoms. The fourth-order valence-electron chi connectivity index (χ4n) is 1.36. The second-order valence-electron chi connectivity index (χ2n) is 3.47. The Balaban J connectivity index is 2.12. The van der Waals surface area contributed by atoms with Gasteiger partial charge in [0.25, 0.3) is 0 Å². The molecule has 84 valence electrons. The summed E-state index contributed by atoms with van der Waals surface area (Å²) in [4.78, 5) is 7.11. The van der Waals surface area contributed by atoms with Gasteiger partial charge in [-0.25, -0.2) is 4.98 Å². The van der Waals surface area contributed by atoms with Gasteiger partial charge >= 0.3 is 0 Å². The number of hydrogen-bond acceptors (Lipinski definition) is 2. The lowest BCUT2D eigenvalue weighted by Crippen LogP contribution is -2.01. The molecule has 0 amide bonds. The quantitative estimate of drug-likeness (QED) is 0.880. The van der Waals surface area contributed by atoms with Gasteiger partial charge < -0.3 is 10.3 Å². The van der Waals surface area contributed by atoms with Gasteiger partial charge in [0.2, 0.25) is 0 Å². The standard InChI is InChI=1S/C11H11Cl2N3/c1-7-4-9(13)10(5-8(7)12)16-6-11-14-2-3-15-11/h2-5,16H,6H2,1H3,(H,14,15). The molecule has 1 aromatic heterocycles. The number of benzene rings is 1. The highest BCUT2D eigenvalue weighted by Gasteiger charge is 2.04. The smallest absolute Gasteiger partial charge is 0.125 e. The number of rotatable bonds is 3. The van der Waals surface area contributed by atoms with E-state index in [-0.39, 0.29) is 0 Å². The molecule has 0 radical (unpaired) electrons. The van der Waals surface area contributed by atoms with Gasteiger partial charge in [-0.05, 0) is 24.6 Å². The van der Waals surface area contributed by atoms with Gasteiger partial charge in [-0.1, -0.05) is 23.2 Å². The number of aromatic nitrogens is 2. The maximum Gasteiger partial charge on any atom is 0.125 e. The van der Waals surface area contributed by atoms with E-state index in [9.17, 15) is 0 Å². The van der Waals surface area contributed by atoms with Crippen LogP contribution in [0.5, 0.6) is 0 Å². The summed E-state index contributed by atoms with van der Waals surface area (Å²) in [6.07, 6.45) is 3.49. The largest absolute Gasteiger partial charge is 0.377 e. The Bertz CT molecular complexity index is 480. The Kier molecular flexibility index (Phi) is 3.36. The molecule has 0 bridgehead atoms. The molecule has 1 aromatic carbocycles. The van der Waals surface area contributed by atoms with Crippen LogP contribution in [0.1, 0.15) is 11.4 Å². The molecule has 2 N–H and O–H groups in total. The molecule has 0 aliphatic heterocycles. The molecule has 2 rings (SSSR count). The highest BCUT2D eigenvalue weighted by atomic mass is 35.5. The Hall–Kier alpha value is -1.19. The topological polar surface area (TPSA) is 40.7 Å². The summed E-state index contributed by atoms with van der Waals surface area (Å²) in [7, 11) is 0. The Morgan fingerprint density at radius 3 is 2.81 bits per heavy atom. The SMILES string of the molecule is Cc1cc(Cl)c(NCc2ncc[nH]2)cc1Cl. The van der Waals surface area contributed by atoms with Crippen LogP contribution in [0.15, 0.2) is 24.5 Å². The number of H-pyrrole nitrogens is 1. The zero-order chi connectivity index (χ0) is 11.5. The second-order valence-corrected chi connectivity index (χ2v) is 4.29. The van der Waals surface area contributed by atoms with Gasteiger partial charge in [-0.15, -0.1) is 0 Å². The fourth-order valence-corrected chi connectivity index (χ4v) is 1.80.